The largest absolute Gasteiger partial charge is 0.457 e. The second-order valence-corrected chi connectivity index (χ2v) is 4.75. The number of aryl methyl sites for hydroxylation is 1. The van der Waals surface area contributed by atoms with E-state index in [1.54, 1.807) is 24.3 Å². The highest BCUT2D eigenvalue weighted by Crippen LogP contribution is 2.26. The molecule has 0 fully saturated rings. The van der Waals surface area contributed by atoms with Crippen molar-refractivity contribution in [2.45, 2.75) is 6.92 Å². The van der Waals surface area contributed by atoms with E-state index >= 15 is 0 Å². The van der Waals surface area contributed by atoms with Gasteiger partial charge < -0.3 is 4.74 Å². The third kappa shape index (κ3) is 2.69. The van der Waals surface area contributed by atoms with Crippen LogP contribution in [0.4, 0.5) is 5.69 Å². The predicted molar refractivity (Wildman–Crippen MR) is 79.3 cm³/mol. The molecule has 0 aromatic heterocycles. The van der Waals surface area contributed by atoms with E-state index in [1.807, 2.05) is 31.2 Å². The number of benzene rings is 2. The lowest BCUT2D eigenvalue weighted by molar-refractivity contribution is -0.119. The van der Waals surface area contributed by atoms with Crippen LogP contribution in [0.2, 0.25) is 0 Å². The van der Waals surface area contributed by atoms with Gasteiger partial charge in [0.25, 0.3) is 11.8 Å². The summed E-state index contributed by atoms with van der Waals surface area (Å²) in [4.78, 5) is 24.3. The van der Waals surface area contributed by atoms with Crippen molar-refractivity contribution in [2.75, 3.05) is 4.90 Å². The van der Waals surface area contributed by atoms with Gasteiger partial charge in [-0.2, -0.15) is 0 Å². The highest BCUT2D eigenvalue weighted by atomic mass is 16.5. The monoisotopic (exact) mass is 279 g/mol. The second kappa shape index (κ2) is 5.25. The van der Waals surface area contributed by atoms with Gasteiger partial charge in [0.2, 0.25) is 0 Å². The first-order valence-corrected chi connectivity index (χ1v) is 6.54. The lowest BCUT2D eigenvalue weighted by Gasteiger charge is -2.14. The average Bonchev–Trinajstić information content (AvgIpc) is 2.82. The first-order chi connectivity index (χ1) is 10.1. The Labute approximate surface area is 122 Å². The van der Waals surface area contributed by atoms with Crippen molar-refractivity contribution in [3.8, 4) is 11.5 Å². The maximum absolute atomic E-state index is 11.6. The molecule has 4 heteroatoms. The third-order valence-electron chi connectivity index (χ3n) is 3.16. The van der Waals surface area contributed by atoms with E-state index in [-0.39, 0.29) is 11.8 Å². The van der Waals surface area contributed by atoms with E-state index in [0.29, 0.717) is 11.4 Å². The number of hydrogen-bond donors (Lipinski definition) is 0. The fourth-order valence-electron chi connectivity index (χ4n) is 2.06. The van der Waals surface area contributed by atoms with Crippen LogP contribution in [0.3, 0.4) is 0 Å². The summed E-state index contributed by atoms with van der Waals surface area (Å²) >= 11 is 0. The highest BCUT2D eigenvalue weighted by molar-refractivity contribution is 6.28. The topological polar surface area (TPSA) is 46.6 Å². The van der Waals surface area contributed by atoms with Gasteiger partial charge in [0.15, 0.2) is 0 Å². The van der Waals surface area contributed by atoms with Gasteiger partial charge in [-0.05, 0) is 43.3 Å². The number of nitrogens with zero attached hydrogens (tertiary/aromatic N) is 1. The van der Waals surface area contributed by atoms with Gasteiger partial charge in [0, 0.05) is 12.2 Å². The standard InChI is InChI=1S/C17H13NO3/c1-12-2-6-14(7-3-12)21-15-8-4-13(5-9-15)18-16(19)10-11-17(18)20/h2-11H,1H3. The Morgan fingerprint density at radius 2 is 1.24 bits per heavy atom. The molecular weight excluding hydrogens is 266 g/mol. The van der Waals surface area contributed by atoms with Crippen LogP contribution in [0.15, 0.2) is 60.7 Å². The number of carbonyl (C=O) groups excluding carboxylic acids is 2. The Hall–Kier alpha value is -2.88. The zero-order valence-corrected chi connectivity index (χ0v) is 11.4. The molecule has 2 aromatic carbocycles. The smallest absolute Gasteiger partial charge is 0.258 e. The van der Waals surface area contributed by atoms with Crippen LogP contribution in [0.5, 0.6) is 11.5 Å². The van der Waals surface area contributed by atoms with Crippen LogP contribution >= 0.6 is 0 Å². The number of ether oxygens (including phenoxy) is 1. The van der Waals surface area contributed by atoms with E-state index in [4.69, 9.17) is 4.74 Å². The van der Waals surface area contributed by atoms with E-state index in [9.17, 15) is 9.59 Å². The number of imide groups is 1. The minimum Gasteiger partial charge on any atom is -0.457 e. The number of carbonyl (C=O) groups is 2. The minimum absolute atomic E-state index is 0.327. The van der Waals surface area contributed by atoms with Gasteiger partial charge in [-0.25, -0.2) is 4.90 Å². The summed E-state index contributed by atoms with van der Waals surface area (Å²) in [5, 5.41) is 0. The molecule has 0 saturated carbocycles. The molecule has 0 bridgehead atoms. The maximum Gasteiger partial charge on any atom is 0.258 e. The van der Waals surface area contributed by atoms with Crippen molar-refractivity contribution in [1.29, 1.82) is 0 Å². The lowest BCUT2D eigenvalue weighted by atomic mass is 10.2. The third-order valence-corrected chi connectivity index (χ3v) is 3.16. The molecule has 0 saturated heterocycles. The van der Waals surface area contributed by atoms with Gasteiger partial charge in [-0.3, -0.25) is 9.59 Å². The Bertz CT molecular complexity index is 697. The summed E-state index contributed by atoms with van der Waals surface area (Å²) in [6.45, 7) is 2.01. The molecule has 0 unspecified atom stereocenters. The molecule has 4 nitrogen and oxygen atoms in total. The van der Waals surface area contributed by atoms with Crippen LogP contribution in [0, 0.1) is 6.92 Å². The zero-order valence-electron chi connectivity index (χ0n) is 11.4. The molecule has 3 rings (SSSR count). The van der Waals surface area contributed by atoms with Crippen LogP contribution in [-0.2, 0) is 9.59 Å². The Kier molecular flexibility index (Phi) is 3.28. The van der Waals surface area contributed by atoms with Crippen LogP contribution < -0.4 is 9.64 Å². The average molecular weight is 279 g/mol. The van der Waals surface area contributed by atoms with E-state index in [1.165, 1.54) is 12.2 Å². The van der Waals surface area contributed by atoms with Crippen molar-refractivity contribution in [1.82, 2.24) is 0 Å². The molecule has 1 heterocycles. The van der Waals surface area contributed by atoms with Crippen molar-refractivity contribution >= 4 is 17.5 Å². The highest BCUT2D eigenvalue weighted by Gasteiger charge is 2.24. The van der Waals surface area contributed by atoms with E-state index in [2.05, 4.69) is 0 Å². The molecule has 104 valence electrons. The van der Waals surface area contributed by atoms with Crippen LogP contribution in [0.25, 0.3) is 0 Å². The molecule has 2 amide bonds. The zero-order chi connectivity index (χ0) is 14.8. The summed E-state index contributed by atoms with van der Waals surface area (Å²) in [6.07, 6.45) is 2.53. The fraction of sp³-hybridized carbons (Fsp3) is 0.0588. The number of rotatable bonds is 3. The molecule has 0 radical (unpaired) electrons. The van der Waals surface area contributed by atoms with Gasteiger partial charge in [0.05, 0.1) is 5.69 Å². The first-order valence-electron chi connectivity index (χ1n) is 6.54. The van der Waals surface area contributed by atoms with Gasteiger partial charge in [0.1, 0.15) is 11.5 Å². The Morgan fingerprint density at radius 3 is 1.76 bits per heavy atom. The molecule has 0 N–H and O–H groups in total. The Morgan fingerprint density at radius 1 is 0.762 bits per heavy atom. The quantitative estimate of drug-likeness (QED) is 0.810. The summed E-state index contributed by atoms with van der Waals surface area (Å²) < 4.78 is 5.70. The Balaban J connectivity index is 1.77. The number of amides is 2. The molecule has 0 aliphatic carbocycles. The number of hydrogen-bond acceptors (Lipinski definition) is 3. The van der Waals surface area contributed by atoms with Crippen LogP contribution in [-0.4, -0.2) is 11.8 Å². The van der Waals surface area contributed by atoms with Crippen molar-refractivity contribution in [2.24, 2.45) is 0 Å². The summed E-state index contributed by atoms with van der Waals surface area (Å²) in [5.41, 5.74) is 1.70. The maximum atomic E-state index is 11.6. The van der Waals surface area contributed by atoms with Gasteiger partial charge in [-0.1, -0.05) is 17.7 Å². The molecule has 0 spiro atoms. The SMILES string of the molecule is Cc1ccc(Oc2ccc(N3C(=O)C=CC3=O)cc2)cc1. The predicted octanol–water partition coefficient (Wildman–Crippen LogP) is 3.22. The van der Waals surface area contributed by atoms with Crippen molar-refractivity contribution in [3.05, 3.63) is 66.2 Å². The molecule has 1 aliphatic heterocycles. The van der Waals surface area contributed by atoms with Crippen molar-refractivity contribution in [3.63, 3.8) is 0 Å². The molecule has 21 heavy (non-hydrogen) atoms. The number of anilines is 1. The summed E-state index contributed by atoms with van der Waals surface area (Å²) in [7, 11) is 0. The minimum atomic E-state index is -0.327. The van der Waals surface area contributed by atoms with E-state index in [0.717, 1.165) is 16.2 Å². The summed E-state index contributed by atoms with van der Waals surface area (Å²) in [6, 6.07) is 14.6. The van der Waals surface area contributed by atoms with Gasteiger partial charge in [-0.15, -0.1) is 0 Å². The van der Waals surface area contributed by atoms with Crippen LogP contribution in [0.1, 0.15) is 5.56 Å². The second-order valence-electron chi connectivity index (χ2n) is 4.75. The molecule has 1 aliphatic rings. The molecule has 2 aromatic rings. The normalized spacial score (nSPS) is 13.9. The van der Waals surface area contributed by atoms with Gasteiger partial charge >= 0.3 is 0 Å². The van der Waals surface area contributed by atoms with Crippen molar-refractivity contribution < 1.29 is 14.3 Å². The fourth-order valence-corrected chi connectivity index (χ4v) is 2.06. The first kappa shape index (κ1) is 13.1. The van der Waals surface area contributed by atoms with E-state index < -0.39 is 0 Å². The summed E-state index contributed by atoms with van der Waals surface area (Å²) in [5.74, 6) is 0.734. The molecule has 0 atom stereocenters. The lowest BCUT2D eigenvalue weighted by Crippen LogP contribution is -2.29. The molecular formula is C17H13NO3.